The van der Waals surface area contributed by atoms with Gasteiger partial charge in [0.25, 0.3) is 0 Å². The topological polar surface area (TPSA) is 57.8 Å². The van der Waals surface area contributed by atoms with Crippen LogP contribution in [0.4, 0.5) is 0 Å². The molecule has 19 heavy (non-hydrogen) atoms. The summed E-state index contributed by atoms with van der Waals surface area (Å²) >= 11 is 0. The average molecular weight is 255 g/mol. The number of rotatable bonds is 5. The molecule has 1 heterocycles. The third kappa shape index (κ3) is 4.10. The number of hydrogen-bond acceptors (Lipinski definition) is 2. The van der Waals surface area contributed by atoms with E-state index in [0.29, 0.717) is 13.0 Å². The Morgan fingerprint density at radius 3 is 3.00 bits per heavy atom. The van der Waals surface area contributed by atoms with E-state index in [4.69, 9.17) is 0 Å². The molecule has 0 radical (unpaired) electrons. The van der Waals surface area contributed by atoms with Gasteiger partial charge in [-0.05, 0) is 24.1 Å². The molecular weight excluding hydrogens is 238 g/mol. The number of aromatic nitrogens is 2. The third-order valence-corrected chi connectivity index (χ3v) is 2.82. The molecule has 4 heteroatoms. The van der Waals surface area contributed by atoms with Gasteiger partial charge in [-0.15, -0.1) is 0 Å². The Morgan fingerprint density at radius 2 is 2.26 bits per heavy atom. The summed E-state index contributed by atoms with van der Waals surface area (Å²) in [6, 6.07) is 7.95. The molecule has 0 aliphatic rings. The van der Waals surface area contributed by atoms with Gasteiger partial charge in [-0.25, -0.2) is 4.98 Å². The van der Waals surface area contributed by atoms with Crippen LogP contribution < -0.4 is 5.32 Å². The van der Waals surface area contributed by atoms with E-state index in [1.54, 1.807) is 18.5 Å². The summed E-state index contributed by atoms with van der Waals surface area (Å²) in [5.41, 5.74) is 2.21. The van der Waals surface area contributed by atoms with Crippen LogP contribution in [-0.2, 0) is 11.2 Å². The lowest BCUT2D eigenvalue weighted by Crippen LogP contribution is -2.23. The predicted molar refractivity (Wildman–Crippen MR) is 75.5 cm³/mol. The quantitative estimate of drug-likeness (QED) is 0.804. The largest absolute Gasteiger partial charge is 0.352 e. The fraction of sp³-hybridized carbons (Fsp3) is 0.200. The van der Waals surface area contributed by atoms with E-state index in [9.17, 15) is 4.79 Å². The maximum atomic E-state index is 11.6. The Bertz CT molecular complexity index is 559. The zero-order chi connectivity index (χ0) is 13.5. The van der Waals surface area contributed by atoms with Gasteiger partial charge >= 0.3 is 0 Å². The van der Waals surface area contributed by atoms with E-state index in [0.717, 1.165) is 17.0 Å². The molecule has 2 N–H and O–H groups in total. The summed E-state index contributed by atoms with van der Waals surface area (Å²) in [5.74, 6) is 0.790. The van der Waals surface area contributed by atoms with Gasteiger partial charge in [0.2, 0.25) is 5.91 Å². The van der Waals surface area contributed by atoms with Crippen LogP contribution in [0.5, 0.6) is 0 Å². The average Bonchev–Trinajstić information content (AvgIpc) is 2.91. The van der Waals surface area contributed by atoms with Crippen LogP contribution in [0.1, 0.15) is 17.0 Å². The van der Waals surface area contributed by atoms with Gasteiger partial charge in [-0.3, -0.25) is 4.79 Å². The number of carbonyl (C=O) groups excluding carboxylic acids is 1. The van der Waals surface area contributed by atoms with Crippen molar-refractivity contribution >= 4 is 12.0 Å². The number of hydrogen-bond donors (Lipinski definition) is 2. The minimum absolute atomic E-state index is 0.0881. The maximum Gasteiger partial charge on any atom is 0.244 e. The lowest BCUT2D eigenvalue weighted by molar-refractivity contribution is -0.116. The highest BCUT2D eigenvalue weighted by Gasteiger charge is 1.98. The Morgan fingerprint density at radius 1 is 1.42 bits per heavy atom. The molecule has 0 bridgehead atoms. The van der Waals surface area contributed by atoms with Crippen LogP contribution >= 0.6 is 0 Å². The molecule has 1 aromatic carbocycles. The molecule has 0 aliphatic heterocycles. The first-order valence-corrected chi connectivity index (χ1v) is 6.25. The standard InChI is InChI=1S/C15H17N3O/c1-12-4-2-3-5-13(12)6-7-15(19)18-9-8-14-16-10-11-17-14/h2-7,10-11H,8-9H2,1H3,(H,16,17)(H,18,19)/b7-6+. The molecule has 2 aromatic rings. The highest BCUT2D eigenvalue weighted by Crippen LogP contribution is 2.08. The van der Waals surface area contributed by atoms with E-state index in [1.807, 2.05) is 37.3 Å². The van der Waals surface area contributed by atoms with Gasteiger partial charge in [-0.1, -0.05) is 24.3 Å². The zero-order valence-electron chi connectivity index (χ0n) is 10.9. The maximum absolute atomic E-state index is 11.6. The number of carbonyl (C=O) groups is 1. The molecule has 0 aliphatic carbocycles. The van der Waals surface area contributed by atoms with Crippen LogP contribution in [0.2, 0.25) is 0 Å². The first-order valence-electron chi connectivity index (χ1n) is 6.25. The lowest BCUT2D eigenvalue weighted by atomic mass is 10.1. The molecule has 1 aromatic heterocycles. The predicted octanol–water partition coefficient (Wildman–Crippen LogP) is 2.09. The van der Waals surface area contributed by atoms with Crippen molar-refractivity contribution in [1.29, 1.82) is 0 Å². The highest BCUT2D eigenvalue weighted by molar-refractivity contribution is 5.91. The summed E-state index contributed by atoms with van der Waals surface area (Å²) in [7, 11) is 0. The van der Waals surface area contributed by atoms with Crippen LogP contribution in [0.3, 0.4) is 0 Å². The van der Waals surface area contributed by atoms with Gasteiger partial charge in [0.05, 0.1) is 0 Å². The molecule has 0 saturated carbocycles. The molecule has 1 amide bonds. The Hall–Kier alpha value is -2.36. The van der Waals surface area contributed by atoms with E-state index in [1.165, 1.54) is 0 Å². The first kappa shape index (κ1) is 13.1. The first-order chi connectivity index (χ1) is 9.25. The SMILES string of the molecule is Cc1ccccc1/C=C/C(=O)NCCc1ncc[nH]1. The zero-order valence-corrected chi connectivity index (χ0v) is 10.9. The van der Waals surface area contributed by atoms with E-state index in [2.05, 4.69) is 15.3 Å². The molecule has 0 spiro atoms. The minimum atomic E-state index is -0.0881. The fourth-order valence-corrected chi connectivity index (χ4v) is 1.74. The Labute approximate surface area is 112 Å². The number of aromatic amines is 1. The second kappa shape index (κ2) is 6.54. The fourth-order valence-electron chi connectivity index (χ4n) is 1.74. The van der Waals surface area contributed by atoms with Crippen molar-refractivity contribution < 1.29 is 4.79 Å². The molecule has 0 atom stereocenters. The van der Waals surface area contributed by atoms with Crippen molar-refractivity contribution in [3.8, 4) is 0 Å². The molecule has 0 saturated heterocycles. The minimum Gasteiger partial charge on any atom is -0.352 e. The molecule has 2 rings (SSSR count). The van der Waals surface area contributed by atoms with Crippen LogP contribution in [0, 0.1) is 6.92 Å². The number of nitrogens with zero attached hydrogens (tertiary/aromatic N) is 1. The second-order valence-electron chi connectivity index (χ2n) is 4.27. The van der Waals surface area contributed by atoms with Crippen molar-refractivity contribution in [2.75, 3.05) is 6.54 Å². The van der Waals surface area contributed by atoms with Crippen molar-refractivity contribution in [1.82, 2.24) is 15.3 Å². The van der Waals surface area contributed by atoms with Crippen LogP contribution in [0.25, 0.3) is 6.08 Å². The molecule has 4 nitrogen and oxygen atoms in total. The number of amides is 1. The highest BCUT2D eigenvalue weighted by atomic mass is 16.1. The summed E-state index contributed by atoms with van der Waals surface area (Å²) in [5, 5.41) is 2.82. The molecule has 98 valence electrons. The van der Waals surface area contributed by atoms with Gasteiger partial charge in [0.15, 0.2) is 0 Å². The molecule has 0 unspecified atom stereocenters. The number of imidazole rings is 1. The van der Waals surface area contributed by atoms with Gasteiger partial charge in [0, 0.05) is 31.4 Å². The van der Waals surface area contributed by atoms with Crippen LogP contribution in [0.15, 0.2) is 42.7 Å². The normalized spacial score (nSPS) is 10.8. The lowest BCUT2D eigenvalue weighted by Gasteiger charge is -2.01. The third-order valence-electron chi connectivity index (χ3n) is 2.82. The monoisotopic (exact) mass is 255 g/mol. The molecular formula is C15H17N3O. The van der Waals surface area contributed by atoms with Crippen molar-refractivity contribution in [3.05, 3.63) is 59.7 Å². The number of aryl methyl sites for hydroxylation is 1. The van der Waals surface area contributed by atoms with E-state index < -0.39 is 0 Å². The van der Waals surface area contributed by atoms with E-state index in [-0.39, 0.29) is 5.91 Å². The number of nitrogens with one attached hydrogen (secondary N) is 2. The summed E-state index contributed by atoms with van der Waals surface area (Å²) in [6.07, 6.45) is 7.57. The second-order valence-corrected chi connectivity index (χ2v) is 4.27. The van der Waals surface area contributed by atoms with Gasteiger partial charge in [0.1, 0.15) is 5.82 Å². The Balaban J connectivity index is 1.79. The van der Waals surface area contributed by atoms with Crippen molar-refractivity contribution in [3.63, 3.8) is 0 Å². The summed E-state index contributed by atoms with van der Waals surface area (Å²) < 4.78 is 0. The Kier molecular flexibility index (Phi) is 4.50. The number of H-pyrrole nitrogens is 1. The van der Waals surface area contributed by atoms with Crippen LogP contribution in [-0.4, -0.2) is 22.4 Å². The van der Waals surface area contributed by atoms with Crippen molar-refractivity contribution in [2.24, 2.45) is 0 Å². The summed E-state index contributed by atoms with van der Waals surface area (Å²) in [4.78, 5) is 18.7. The van der Waals surface area contributed by atoms with Gasteiger partial charge < -0.3 is 10.3 Å². The smallest absolute Gasteiger partial charge is 0.244 e. The van der Waals surface area contributed by atoms with Gasteiger partial charge in [-0.2, -0.15) is 0 Å². The summed E-state index contributed by atoms with van der Waals surface area (Å²) in [6.45, 7) is 2.60. The number of benzene rings is 1. The van der Waals surface area contributed by atoms with E-state index >= 15 is 0 Å². The molecule has 0 fully saturated rings. The van der Waals surface area contributed by atoms with Crippen molar-refractivity contribution in [2.45, 2.75) is 13.3 Å².